The molecule has 8 heteroatoms. The number of hydrogen-bond acceptors (Lipinski definition) is 4. The van der Waals surface area contributed by atoms with Crippen LogP contribution >= 0.6 is 0 Å². The topological polar surface area (TPSA) is 65.1 Å². The first-order valence-electron chi connectivity index (χ1n) is 13.1. The fraction of sp³-hybridized carbons (Fsp3) is 0.448. The third-order valence-corrected chi connectivity index (χ3v) is 9.43. The second kappa shape index (κ2) is 9.81. The molecule has 0 saturated heterocycles. The second-order valence-electron chi connectivity index (χ2n) is 11.9. The van der Waals surface area contributed by atoms with Crippen molar-refractivity contribution in [1.29, 1.82) is 0 Å². The van der Waals surface area contributed by atoms with Gasteiger partial charge in [0.25, 0.3) is 0 Å². The van der Waals surface area contributed by atoms with Gasteiger partial charge < -0.3 is 19.0 Å². The Kier molecular flexibility index (Phi) is 6.85. The Labute approximate surface area is 219 Å². The molecule has 1 fully saturated rings. The van der Waals surface area contributed by atoms with Crippen molar-refractivity contribution in [1.82, 2.24) is 19.3 Å². The number of halogens is 1. The van der Waals surface area contributed by atoms with E-state index in [4.69, 9.17) is 4.74 Å². The van der Waals surface area contributed by atoms with Gasteiger partial charge in [-0.15, -0.1) is 10.2 Å². The number of nitrogens with zero attached hydrogens (tertiary/aromatic N) is 4. The highest BCUT2D eigenvalue weighted by Crippen LogP contribution is 2.52. The summed E-state index contributed by atoms with van der Waals surface area (Å²) in [5, 5.41) is 19.3. The van der Waals surface area contributed by atoms with E-state index in [0.29, 0.717) is 29.3 Å². The number of rotatable bonds is 9. The molecule has 0 radical (unpaired) electrons. The smallest absolute Gasteiger partial charge is 0.155 e. The summed E-state index contributed by atoms with van der Waals surface area (Å²) in [7, 11) is 0.748. The van der Waals surface area contributed by atoms with Gasteiger partial charge in [0.15, 0.2) is 5.82 Å². The summed E-state index contributed by atoms with van der Waals surface area (Å²) < 4.78 is 25.9. The van der Waals surface area contributed by atoms with E-state index in [0.717, 1.165) is 41.2 Å². The van der Waals surface area contributed by atoms with Gasteiger partial charge in [0.05, 0.1) is 17.5 Å². The summed E-state index contributed by atoms with van der Waals surface area (Å²) in [5.41, 5.74) is 3.42. The number of ether oxygens (including phenoxy) is 1. The normalized spacial score (nSPS) is 19.9. The molecule has 1 saturated carbocycles. The molecule has 2 heterocycles. The highest BCUT2D eigenvalue weighted by molar-refractivity contribution is 6.76. The lowest BCUT2D eigenvalue weighted by Crippen LogP contribution is -2.43. The fourth-order valence-corrected chi connectivity index (χ4v) is 6.54. The standard InChI is InChI=1S/C29H37FN4O2Si/c1-20-15-29(16-20,28-32-31-18-33(28)2)23-8-6-7-21(13-23)25-10-9-22-14-24(17-35)34(27(22)26(25)30)19-36-11-12-37(3,4)5/h6-10,13-14,18,20,35H,11-12,15-17,19H2,1-5H3. The first kappa shape index (κ1) is 25.8. The van der Waals surface area contributed by atoms with Crippen LogP contribution in [0.3, 0.4) is 0 Å². The first-order chi connectivity index (χ1) is 17.6. The molecule has 2 aromatic carbocycles. The van der Waals surface area contributed by atoms with Crippen LogP contribution < -0.4 is 0 Å². The van der Waals surface area contributed by atoms with Crippen molar-refractivity contribution in [2.45, 2.75) is 64.2 Å². The zero-order valence-electron chi connectivity index (χ0n) is 22.5. The molecule has 0 bridgehead atoms. The lowest BCUT2D eigenvalue weighted by molar-refractivity contribution is 0.0850. The SMILES string of the molecule is CC1CC(c2cccc(-c3ccc4cc(CO)n(COCC[Si](C)(C)C)c4c3F)c2)(c2nncn2C)C1. The molecule has 1 aliphatic carbocycles. The minimum Gasteiger partial charge on any atom is -0.390 e. The highest BCUT2D eigenvalue weighted by atomic mass is 28.3. The largest absolute Gasteiger partial charge is 0.390 e. The van der Waals surface area contributed by atoms with Crippen molar-refractivity contribution in [2.75, 3.05) is 6.61 Å². The van der Waals surface area contributed by atoms with Gasteiger partial charge in [0.2, 0.25) is 0 Å². The van der Waals surface area contributed by atoms with Gasteiger partial charge in [-0.3, -0.25) is 0 Å². The summed E-state index contributed by atoms with van der Waals surface area (Å²) >= 11 is 0. The molecule has 2 aromatic heterocycles. The van der Waals surface area contributed by atoms with Crippen LogP contribution in [0.4, 0.5) is 4.39 Å². The second-order valence-corrected chi connectivity index (χ2v) is 17.5. The van der Waals surface area contributed by atoms with Crippen LogP contribution in [0.1, 0.15) is 36.8 Å². The Morgan fingerprint density at radius 2 is 1.95 bits per heavy atom. The van der Waals surface area contributed by atoms with Gasteiger partial charge in [-0.25, -0.2) is 4.39 Å². The van der Waals surface area contributed by atoms with E-state index in [9.17, 15) is 5.11 Å². The molecule has 0 spiro atoms. The van der Waals surface area contributed by atoms with Crippen LogP contribution in [-0.4, -0.2) is 39.1 Å². The van der Waals surface area contributed by atoms with E-state index in [1.807, 2.05) is 41.9 Å². The number of benzene rings is 2. The number of hydrogen-bond donors (Lipinski definition) is 1. The fourth-order valence-electron chi connectivity index (χ4n) is 5.79. The van der Waals surface area contributed by atoms with Crippen molar-refractivity contribution >= 4 is 19.0 Å². The molecule has 0 amide bonds. The van der Waals surface area contributed by atoms with Crippen molar-refractivity contribution in [2.24, 2.45) is 13.0 Å². The Hall–Kier alpha value is -2.81. The first-order valence-corrected chi connectivity index (χ1v) is 16.8. The molecule has 0 aliphatic heterocycles. The van der Waals surface area contributed by atoms with E-state index in [2.05, 4.69) is 48.9 Å². The maximum atomic E-state index is 16.2. The van der Waals surface area contributed by atoms with Crippen molar-refractivity contribution in [3.05, 3.63) is 71.7 Å². The van der Waals surface area contributed by atoms with E-state index < -0.39 is 8.07 Å². The summed E-state index contributed by atoms with van der Waals surface area (Å²) in [6.45, 7) is 9.85. The molecule has 37 heavy (non-hydrogen) atoms. The van der Waals surface area contributed by atoms with Crippen molar-refractivity contribution < 1.29 is 14.2 Å². The molecular weight excluding hydrogens is 483 g/mol. The average Bonchev–Trinajstić information content (AvgIpc) is 3.43. The third-order valence-electron chi connectivity index (χ3n) is 7.72. The summed E-state index contributed by atoms with van der Waals surface area (Å²) in [6, 6.07) is 14.9. The van der Waals surface area contributed by atoms with Crippen LogP contribution in [0.25, 0.3) is 22.0 Å². The number of aliphatic hydroxyl groups is 1. The van der Waals surface area contributed by atoms with Gasteiger partial charge in [0, 0.05) is 38.4 Å². The lowest BCUT2D eigenvalue weighted by Gasteiger charge is -2.46. The Morgan fingerprint density at radius 3 is 2.59 bits per heavy atom. The van der Waals surface area contributed by atoms with Crippen LogP contribution in [0, 0.1) is 11.7 Å². The Balaban J connectivity index is 1.53. The number of aromatic nitrogens is 4. The molecule has 196 valence electrons. The van der Waals surface area contributed by atoms with E-state index in [1.165, 1.54) is 0 Å². The maximum absolute atomic E-state index is 16.2. The molecule has 0 unspecified atom stereocenters. The van der Waals surface area contributed by atoms with Gasteiger partial charge in [-0.1, -0.05) is 63.0 Å². The van der Waals surface area contributed by atoms with E-state index in [1.54, 1.807) is 10.9 Å². The minimum absolute atomic E-state index is 0.172. The quantitative estimate of drug-likeness (QED) is 0.214. The molecule has 1 N–H and O–H groups in total. The van der Waals surface area contributed by atoms with Crippen LogP contribution in [0.2, 0.25) is 25.7 Å². The summed E-state index contributed by atoms with van der Waals surface area (Å²) in [4.78, 5) is 0. The number of aliphatic hydroxyl groups excluding tert-OH is 1. The lowest BCUT2D eigenvalue weighted by atomic mass is 9.58. The molecule has 6 nitrogen and oxygen atoms in total. The predicted octanol–water partition coefficient (Wildman–Crippen LogP) is 6.10. The molecule has 4 aromatic rings. The van der Waals surface area contributed by atoms with Gasteiger partial charge in [-0.05, 0) is 42.0 Å². The highest BCUT2D eigenvalue weighted by Gasteiger charge is 2.48. The summed E-state index contributed by atoms with van der Waals surface area (Å²) in [5.74, 6) is 1.25. The molecular formula is C29H37FN4O2Si. The van der Waals surface area contributed by atoms with Gasteiger partial charge >= 0.3 is 0 Å². The average molecular weight is 521 g/mol. The van der Waals surface area contributed by atoms with Crippen molar-refractivity contribution in [3.8, 4) is 11.1 Å². The van der Waals surface area contributed by atoms with Crippen molar-refractivity contribution in [3.63, 3.8) is 0 Å². The maximum Gasteiger partial charge on any atom is 0.155 e. The Bertz CT molecular complexity index is 1420. The zero-order valence-corrected chi connectivity index (χ0v) is 23.5. The predicted molar refractivity (Wildman–Crippen MR) is 148 cm³/mol. The Morgan fingerprint density at radius 1 is 1.16 bits per heavy atom. The zero-order chi connectivity index (χ0) is 26.4. The number of aryl methyl sites for hydroxylation is 1. The molecule has 0 atom stereocenters. The van der Waals surface area contributed by atoms with Crippen LogP contribution in [0.15, 0.2) is 48.8 Å². The van der Waals surface area contributed by atoms with E-state index in [-0.39, 0.29) is 24.6 Å². The summed E-state index contributed by atoms with van der Waals surface area (Å²) in [6.07, 6.45) is 3.72. The van der Waals surface area contributed by atoms with Gasteiger partial charge in [-0.2, -0.15) is 0 Å². The third kappa shape index (κ3) is 4.78. The van der Waals surface area contributed by atoms with E-state index >= 15 is 4.39 Å². The monoisotopic (exact) mass is 520 g/mol. The number of fused-ring (bicyclic) bond motifs is 1. The van der Waals surface area contributed by atoms with Crippen LogP contribution in [0.5, 0.6) is 0 Å². The van der Waals surface area contributed by atoms with Crippen LogP contribution in [-0.2, 0) is 30.5 Å². The molecule has 5 rings (SSSR count). The molecule has 1 aliphatic rings. The minimum atomic E-state index is -1.23. The van der Waals surface area contributed by atoms with Gasteiger partial charge in [0.1, 0.15) is 18.9 Å².